The number of urea groups is 1. The maximum absolute atomic E-state index is 11.6. The zero-order chi connectivity index (χ0) is 15.7. The van der Waals surface area contributed by atoms with E-state index in [4.69, 9.17) is 0 Å². The summed E-state index contributed by atoms with van der Waals surface area (Å²) < 4.78 is 0. The fourth-order valence-corrected chi connectivity index (χ4v) is 2.09. The number of aliphatic hydroxyl groups excluding tert-OH is 1. The summed E-state index contributed by atoms with van der Waals surface area (Å²) in [5.41, 5.74) is 2.29. The van der Waals surface area contributed by atoms with Gasteiger partial charge in [0.05, 0.1) is 6.10 Å². The van der Waals surface area contributed by atoms with Gasteiger partial charge < -0.3 is 20.6 Å². The van der Waals surface area contributed by atoms with Gasteiger partial charge in [0.1, 0.15) is 0 Å². The monoisotopic (exact) mass is 293 g/mol. The predicted molar refractivity (Wildman–Crippen MR) is 85.0 cm³/mol. The summed E-state index contributed by atoms with van der Waals surface area (Å²) in [5.74, 6) is 0. The maximum Gasteiger partial charge on any atom is 0.315 e. The van der Waals surface area contributed by atoms with E-state index in [1.165, 1.54) is 5.56 Å². The maximum atomic E-state index is 11.6. The van der Waals surface area contributed by atoms with Crippen molar-refractivity contribution in [3.8, 4) is 0 Å². The van der Waals surface area contributed by atoms with E-state index < -0.39 is 6.10 Å². The Hall–Kier alpha value is -1.59. The lowest BCUT2D eigenvalue weighted by Gasteiger charge is -2.13. The molecular formula is C16H27N3O2. The van der Waals surface area contributed by atoms with Gasteiger partial charge in [0.25, 0.3) is 0 Å². The van der Waals surface area contributed by atoms with Gasteiger partial charge in [0.15, 0.2) is 0 Å². The number of amides is 2. The van der Waals surface area contributed by atoms with E-state index in [2.05, 4.69) is 27.7 Å². The molecular weight excluding hydrogens is 266 g/mol. The normalized spacial score (nSPS) is 12.2. The van der Waals surface area contributed by atoms with Gasteiger partial charge in [-0.3, -0.25) is 0 Å². The lowest BCUT2D eigenvalue weighted by atomic mass is 10.1. The highest BCUT2D eigenvalue weighted by atomic mass is 16.3. The van der Waals surface area contributed by atoms with E-state index in [1.807, 2.05) is 33.2 Å². The van der Waals surface area contributed by atoms with E-state index in [1.54, 1.807) is 0 Å². The van der Waals surface area contributed by atoms with Gasteiger partial charge >= 0.3 is 6.03 Å². The van der Waals surface area contributed by atoms with Crippen LogP contribution in [0.3, 0.4) is 0 Å². The van der Waals surface area contributed by atoms with Crippen molar-refractivity contribution < 1.29 is 9.90 Å². The van der Waals surface area contributed by atoms with Crippen LogP contribution in [0.25, 0.3) is 0 Å². The van der Waals surface area contributed by atoms with Crippen LogP contribution in [-0.4, -0.2) is 42.8 Å². The average molecular weight is 293 g/mol. The number of aliphatic hydroxyl groups is 1. The topological polar surface area (TPSA) is 64.6 Å². The van der Waals surface area contributed by atoms with Crippen LogP contribution >= 0.6 is 0 Å². The van der Waals surface area contributed by atoms with E-state index >= 15 is 0 Å². The molecule has 5 heteroatoms. The minimum Gasteiger partial charge on any atom is -0.391 e. The molecule has 1 rings (SSSR count). The molecule has 0 aliphatic rings. The quantitative estimate of drug-likeness (QED) is 0.683. The molecule has 3 N–H and O–H groups in total. The molecule has 0 saturated carbocycles. The molecule has 0 saturated heterocycles. The molecule has 1 aromatic carbocycles. The SMILES string of the molecule is CCCC(O)CNC(=O)NCc1cccc(CN(C)C)c1. The Bertz CT molecular complexity index is 435. The van der Waals surface area contributed by atoms with Gasteiger partial charge in [-0.25, -0.2) is 4.79 Å². The highest BCUT2D eigenvalue weighted by Crippen LogP contribution is 2.06. The number of rotatable bonds is 8. The lowest BCUT2D eigenvalue weighted by Crippen LogP contribution is -2.39. The zero-order valence-corrected chi connectivity index (χ0v) is 13.2. The van der Waals surface area contributed by atoms with Crippen molar-refractivity contribution in [1.82, 2.24) is 15.5 Å². The van der Waals surface area contributed by atoms with E-state index in [0.29, 0.717) is 19.5 Å². The molecule has 1 unspecified atom stereocenters. The minimum atomic E-state index is -0.468. The minimum absolute atomic E-state index is 0.247. The molecule has 0 aliphatic carbocycles. The second-order valence-electron chi connectivity index (χ2n) is 5.56. The number of carbonyl (C=O) groups excluding carboxylic acids is 1. The van der Waals surface area contributed by atoms with E-state index in [-0.39, 0.29) is 6.03 Å². The first-order chi connectivity index (χ1) is 10.0. The third kappa shape index (κ3) is 7.68. The first-order valence-corrected chi connectivity index (χ1v) is 7.43. The summed E-state index contributed by atoms with van der Waals surface area (Å²) in [6.45, 7) is 3.66. The Balaban J connectivity index is 2.35. The molecule has 1 atom stereocenters. The lowest BCUT2D eigenvalue weighted by molar-refractivity contribution is 0.160. The Morgan fingerprint density at radius 3 is 2.67 bits per heavy atom. The molecule has 0 bridgehead atoms. The Labute approximate surface area is 127 Å². The van der Waals surface area contributed by atoms with Crippen LogP contribution in [0.1, 0.15) is 30.9 Å². The molecule has 0 fully saturated rings. The fourth-order valence-electron chi connectivity index (χ4n) is 2.09. The summed E-state index contributed by atoms with van der Waals surface area (Å²) in [4.78, 5) is 13.8. The van der Waals surface area contributed by atoms with Crippen LogP contribution in [0.15, 0.2) is 24.3 Å². The number of carbonyl (C=O) groups is 1. The van der Waals surface area contributed by atoms with Crippen LogP contribution in [-0.2, 0) is 13.1 Å². The van der Waals surface area contributed by atoms with E-state index in [0.717, 1.165) is 18.5 Å². The number of nitrogens with one attached hydrogen (secondary N) is 2. The van der Waals surface area contributed by atoms with Crippen LogP contribution in [0, 0.1) is 0 Å². The summed E-state index contributed by atoms with van der Waals surface area (Å²) in [5, 5.41) is 15.0. The predicted octanol–water partition coefficient (Wildman–Crippen LogP) is 1.71. The van der Waals surface area contributed by atoms with Gasteiger partial charge in [-0.2, -0.15) is 0 Å². The summed E-state index contributed by atoms with van der Waals surface area (Å²) in [7, 11) is 4.06. The Morgan fingerprint density at radius 2 is 2.00 bits per heavy atom. The second kappa shape index (κ2) is 9.37. The van der Waals surface area contributed by atoms with Gasteiger partial charge in [0.2, 0.25) is 0 Å². The summed E-state index contributed by atoms with van der Waals surface area (Å²) in [6, 6.07) is 7.91. The van der Waals surface area contributed by atoms with Crippen molar-refractivity contribution >= 4 is 6.03 Å². The van der Waals surface area contributed by atoms with Gasteiger partial charge in [-0.05, 0) is 31.6 Å². The van der Waals surface area contributed by atoms with Crippen molar-refractivity contribution in [2.24, 2.45) is 0 Å². The van der Waals surface area contributed by atoms with Crippen LogP contribution < -0.4 is 10.6 Å². The molecule has 0 aliphatic heterocycles. The number of nitrogens with zero attached hydrogens (tertiary/aromatic N) is 1. The zero-order valence-electron chi connectivity index (χ0n) is 13.2. The molecule has 5 nitrogen and oxygen atoms in total. The van der Waals surface area contributed by atoms with Gasteiger partial charge in [-0.1, -0.05) is 37.6 Å². The third-order valence-corrected chi connectivity index (χ3v) is 3.06. The molecule has 2 amide bonds. The van der Waals surface area contributed by atoms with Crippen molar-refractivity contribution in [1.29, 1.82) is 0 Å². The first kappa shape index (κ1) is 17.5. The Kier molecular flexibility index (Phi) is 7.79. The van der Waals surface area contributed by atoms with Crippen LogP contribution in [0.4, 0.5) is 4.79 Å². The molecule has 0 radical (unpaired) electrons. The Morgan fingerprint density at radius 1 is 1.29 bits per heavy atom. The molecule has 0 spiro atoms. The largest absolute Gasteiger partial charge is 0.391 e. The summed E-state index contributed by atoms with van der Waals surface area (Å²) in [6.07, 6.45) is 1.14. The first-order valence-electron chi connectivity index (χ1n) is 7.43. The molecule has 0 aromatic heterocycles. The molecule has 118 valence electrons. The van der Waals surface area contributed by atoms with Crippen molar-refractivity contribution in [2.45, 2.75) is 39.0 Å². The standard InChI is InChI=1S/C16H27N3O2/c1-4-6-15(20)11-18-16(21)17-10-13-7-5-8-14(9-13)12-19(2)3/h5,7-9,15,20H,4,6,10-12H2,1-3H3,(H2,17,18,21). The summed E-state index contributed by atoms with van der Waals surface area (Å²) >= 11 is 0. The van der Waals surface area contributed by atoms with Crippen LogP contribution in [0.2, 0.25) is 0 Å². The number of hydrogen-bond acceptors (Lipinski definition) is 3. The number of hydrogen-bond donors (Lipinski definition) is 3. The highest BCUT2D eigenvalue weighted by Gasteiger charge is 2.06. The molecule has 21 heavy (non-hydrogen) atoms. The smallest absolute Gasteiger partial charge is 0.315 e. The van der Waals surface area contributed by atoms with E-state index in [9.17, 15) is 9.90 Å². The fraction of sp³-hybridized carbons (Fsp3) is 0.562. The van der Waals surface area contributed by atoms with Crippen molar-refractivity contribution in [3.05, 3.63) is 35.4 Å². The average Bonchev–Trinajstić information content (AvgIpc) is 2.43. The third-order valence-electron chi connectivity index (χ3n) is 3.06. The highest BCUT2D eigenvalue weighted by molar-refractivity contribution is 5.73. The van der Waals surface area contributed by atoms with Crippen molar-refractivity contribution in [3.63, 3.8) is 0 Å². The van der Waals surface area contributed by atoms with Crippen LogP contribution in [0.5, 0.6) is 0 Å². The molecule has 1 aromatic rings. The van der Waals surface area contributed by atoms with Gasteiger partial charge in [0, 0.05) is 19.6 Å². The second-order valence-corrected chi connectivity index (χ2v) is 5.56. The number of benzene rings is 1. The molecule has 0 heterocycles. The van der Waals surface area contributed by atoms with Gasteiger partial charge in [-0.15, -0.1) is 0 Å². The van der Waals surface area contributed by atoms with Crippen molar-refractivity contribution in [2.75, 3.05) is 20.6 Å².